The van der Waals surface area contributed by atoms with Gasteiger partial charge in [0.05, 0.1) is 26.9 Å². The topological polar surface area (TPSA) is 92.2 Å². The van der Waals surface area contributed by atoms with Crippen LogP contribution in [0.15, 0.2) is 23.2 Å². The molecule has 1 aliphatic carbocycles. The van der Waals surface area contributed by atoms with Crippen molar-refractivity contribution in [2.45, 2.75) is 51.3 Å². The highest BCUT2D eigenvalue weighted by atomic mass is 127. The van der Waals surface area contributed by atoms with E-state index in [2.05, 4.69) is 15.6 Å². The van der Waals surface area contributed by atoms with Crippen LogP contribution in [0.25, 0.3) is 0 Å². The van der Waals surface area contributed by atoms with E-state index in [-0.39, 0.29) is 30.1 Å². The maximum Gasteiger partial charge on any atom is 0.341 e. The van der Waals surface area contributed by atoms with Crippen molar-refractivity contribution >= 4 is 35.9 Å². The zero-order valence-electron chi connectivity index (χ0n) is 16.2. The van der Waals surface area contributed by atoms with Crippen molar-refractivity contribution in [3.8, 4) is 5.75 Å². The van der Waals surface area contributed by atoms with Crippen LogP contribution >= 0.6 is 24.0 Å². The van der Waals surface area contributed by atoms with Gasteiger partial charge in [-0.2, -0.15) is 0 Å². The molecule has 0 atom stereocenters. The van der Waals surface area contributed by atoms with Crippen LogP contribution in [0.5, 0.6) is 5.75 Å². The van der Waals surface area contributed by atoms with Gasteiger partial charge in [0.25, 0.3) is 0 Å². The van der Waals surface area contributed by atoms with E-state index < -0.39 is 5.97 Å². The number of esters is 1. The van der Waals surface area contributed by atoms with E-state index in [1.165, 1.54) is 14.2 Å². The van der Waals surface area contributed by atoms with Gasteiger partial charge in [-0.3, -0.25) is 0 Å². The number of carbonyl (C=O) groups is 1. The van der Waals surface area contributed by atoms with Crippen LogP contribution in [0.1, 0.15) is 48.5 Å². The monoisotopic (exact) mass is 491 g/mol. The molecule has 1 aromatic rings. The second-order valence-electron chi connectivity index (χ2n) is 6.37. The second kappa shape index (κ2) is 12.0. The molecule has 2 rings (SSSR count). The van der Waals surface area contributed by atoms with E-state index in [0.29, 0.717) is 23.9 Å². The third-order valence-corrected chi connectivity index (χ3v) is 4.47. The summed E-state index contributed by atoms with van der Waals surface area (Å²) in [4.78, 5) is 16.5. The largest absolute Gasteiger partial charge is 0.496 e. The summed E-state index contributed by atoms with van der Waals surface area (Å²) in [6.45, 7) is 3.21. The first-order valence-corrected chi connectivity index (χ1v) is 9.05. The number of aliphatic imine (C=N–C) groups is 1. The number of aliphatic hydroxyl groups excluding tert-OH is 1. The number of rotatable bonds is 6. The number of nitrogens with one attached hydrogen (secondary N) is 2. The number of hydrogen-bond donors (Lipinski definition) is 3. The molecule has 0 aromatic heterocycles. The van der Waals surface area contributed by atoms with E-state index in [0.717, 1.165) is 43.8 Å². The predicted octanol–water partition coefficient (Wildman–Crippen LogP) is 2.46. The molecule has 0 saturated heterocycles. The van der Waals surface area contributed by atoms with Crippen LogP contribution in [0.2, 0.25) is 0 Å². The number of halogens is 1. The summed E-state index contributed by atoms with van der Waals surface area (Å²) in [6.07, 6.45) is 3.32. The van der Waals surface area contributed by atoms with E-state index in [9.17, 15) is 9.90 Å². The van der Waals surface area contributed by atoms with Crippen LogP contribution in [0.3, 0.4) is 0 Å². The zero-order valence-corrected chi connectivity index (χ0v) is 18.5. The number of aliphatic hydroxyl groups is 1. The van der Waals surface area contributed by atoms with Crippen molar-refractivity contribution in [3.63, 3.8) is 0 Å². The molecule has 0 spiro atoms. The van der Waals surface area contributed by atoms with Crippen molar-refractivity contribution in [1.82, 2.24) is 10.6 Å². The fraction of sp³-hybridized carbons (Fsp3) is 0.579. The molecule has 0 amide bonds. The molecule has 1 saturated carbocycles. The summed E-state index contributed by atoms with van der Waals surface area (Å²) in [5.41, 5.74) is 1.28. The fourth-order valence-electron chi connectivity index (χ4n) is 3.03. The molecule has 0 aliphatic heterocycles. The SMILES string of the molecule is CCNC(=NCc1ccc(OC)c(C(=O)OC)c1)NC1CCC(O)CC1.I. The van der Waals surface area contributed by atoms with Crippen LogP contribution in [0, 0.1) is 0 Å². The fourth-order valence-corrected chi connectivity index (χ4v) is 3.03. The molecular weight excluding hydrogens is 461 g/mol. The minimum atomic E-state index is -0.432. The number of carbonyl (C=O) groups excluding carboxylic acids is 1. The number of ether oxygens (including phenoxy) is 2. The Morgan fingerprint density at radius 1 is 1.26 bits per heavy atom. The summed E-state index contributed by atoms with van der Waals surface area (Å²) in [5, 5.41) is 16.3. The van der Waals surface area contributed by atoms with Gasteiger partial charge in [0.2, 0.25) is 0 Å². The van der Waals surface area contributed by atoms with Crippen molar-refractivity contribution < 1.29 is 19.4 Å². The van der Waals surface area contributed by atoms with Crippen molar-refractivity contribution in [1.29, 1.82) is 0 Å². The number of methoxy groups -OCH3 is 2. The molecule has 27 heavy (non-hydrogen) atoms. The number of nitrogens with zero attached hydrogens (tertiary/aromatic N) is 1. The average Bonchev–Trinajstić information content (AvgIpc) is 2.67. The molecule has 0 radical (unpaired) electrons. The van der Waals surface area contributed by atoms with Gasteiger partial charge in [-0.1, -0.05) is 6.07 Å². The van der Waals surface area contributed by atoms with E-state index in [1.54, 1.807) is 12.1 Å². The molecule has 1 aliphatic rings. The van der Waals surface area contributed by atoms with Crippen LogP contribution in [-0.2, 0) is 11.3 Å². The predicted molar refractivity (Wildman–Crippen MR) is 116 cm³/mol. The summed E-state index contributed by atoms with van der Waals surface area (Å²) < 4.78 is 10.0. The molecular formula is C19H30IN3O4. The lowest BCUT2D eigenvalue weighted by atomic mass is 9.93. The van der Waals surface area contributed by atoms with Gasteiger partial charge in [-0.25, -0.2) is 9.79 Å². The first kappa shape index (κ1) is 23.5. The molecule has 152 valence electrons. The molecule has 0 heterocycles. The van der Waals surface area contributed by atoms with E-state index in [4.69, 9.17) is 9.47 Å². The van der Waals surface area contributed by atoms with Gasteiger partial charge in [0.15, 0.2) is 5.96 Å². The minimum Gasteiger partial charge on any atom is -0.496 e. The Bertz CT molecular complexity index is 631. The first-order valence-electron chi connectivity index (χ1n) is 9.05. The van der Waals surface area contributed by atoms with Gasteiger partial charge in [-0.15, -0.1) is 24.0 Å². The zero-order chi connectivity index (χ0) is 18.9. The Morgan fingerprint density at radius 3 is 2.56 bits per heavy atom. The lowest BCUT2D eigenvalue weighted by Crippen LogP contribution is -2.45. The smallest absolute Gasteiger partial charge is 0.341 e. The van der Waals surface area contributed by atoms with E-state index >= 15 is 0 Å². The summed E-state index contributed by atoms with van der Waals surface area (Å²) in [6, 6.07) is 5.70. The maximum atomic E-state index is 11.9. The van der Waals surface area contributed by atoms with Gasteiger partial charge in [-0.05, 0) is 50.3 Å². The Hall–Kier alpha value is -1.55. The standard InChI is InChI=1S/C19H29N3O4.HI/c1-4-20-19(22-14-6-8-15(23)9-7-14)21-12-13-5-10-17(25-2)16(11-13)18(24)26-3;/h5,10-11,14-15,23H,4,6-9,12H2,1-3H3,(H2,20,21,22);1H. The molecule has 1 aromatic carbocycles. The Labute approximate surface area is 177 Å². The number of hydrogen-bond acceptors (Lipinski definition) is 5. The molecule has 0 bridgehead atoms. The highest BCUT2D eigenvalue weighted by Gasteiger charge is 2.20. The van der Waals surface area contributed by atoms with Crippen molar-refractivity contribution in [3.05, 3.63) is 29.3 Å². The summed E-state index contributed by atoms with van der Waals surface area (Å²) >= 11 is 0. The Balaban J connectivity index is 0.00000364. The number of benzene rings is 1. The Morgan fingerprint density at radius 2 is 1.96 bits per heavy atom. The van der Waals surface area contributed by atoms with Crippen LogP contribution in [0.4, 0.5) is 0 Å². The average molecular weight is 491 g/mol. The second-order valence-corrected chi connectivity index (χ2v) is 6.37. The normalized spacial score (nSPS) is 19.6. The molecule has 1 fully saturated rings. The van der Waals surface area contributed by atoms with Crippen molar-refractivity contribution in [2.24, 2.45) is 4.99 Å². The first-order chi connectivity index (χ1) is 12.6. The Kier molecular flexibility index (Phi) is 10.5. The molecule has 0 unspecified atom stereocenters. The van der Waals surface area contributed by atoms with Gasteiger partial charge in [0, 0.05) is 12.6 Å². The summed E-state index contributed by atoms with van der Waals surface area (Å²) in [5.74, 6) is 0.790. The maximum absolute atomic E-state index is 11.9. The van der Waals surface area contributed by atoms with E-state index in [1.807, 2.05) is 13.0 Å². The third kappa shape index (κ3) is 7.17. The lowest BCUT2D eigenvalue weighted by Gasteiger charge is -2.27. The van der Waals surface area contributed by atoms with Gasteiger partial charge in [0.1, 0.15) is 11.3 Å². The van der Waals surface area contributed by atoms with Crippen LogP contribution in [-0.4, -0.2) is 49.9 Å². The lowest BCUT2D eigenvalue weighted by molar-refractivity contribution is 0.0597. The third-order valence-electron chi connectivity index (χ3n) is 4.47. The molecule has 3 N–H and O–H groups in total. The summed E-state index contributed by atoms with van der Waals surface area (Å²) in [7, 11) is 2.87. The highest BCUT2D eigenvalue weighted by molar-refractivity contribution is 14.0. The van der Waals surface area contributed by atoms with Gasteiger partial charge >= 0.3 is 5.97 Å². The van der Waals surface area contributed by atoms with Crippen LogP contribution < -0.4 is 15.4 Å². The quantitative estimate of drug-likeness (QED) is 0.245. The molecule has 7 nitrogen and oxygen atoms in total. The molecule has 8 heteroatoms. The highest BCUT2D eigenvalue weighted by Crippen LogP contribution is 2.21. The number of guanidine groups is 1. The van der Waals surface area contributed by atoms with Crippen molar-refractivity contribution in [2.75, 3.05) is 20.8 Å². The minimum absolute atomic E-state index is 0. The van der Waals surface area contributed by atoms with Gasteiger partial charge < -0.3 is 25.2 Å².